The van der Waals surface area contributed by atoms with E-state index >= 15 is 0 Å². The fraction of sp³-hybridized carbons (Fsp3) is 0.619. The van der Waals surface area contributed by atoms with Gasteiger partial charge in [0.25, 0.3) is 5.91 Å². The normalized spacial score (nSPS) is 23.0. The van der Waals surface area contributed by atoms with Gasteiger partial charge in [0.05, 0.1) is 51.2 Å². The van der Waals surface area contributed by atoms with Crippen molar-refractivity contribution >= 4 is 11.9 Å². The predicted molar refractivity (Wildman–Crippen MR) is 116 cm³/mol. The number of rotatable bonds is 7. The molecule has 14 heteroatoms. The van der Waals surface area contributed by atoms with E-state index in [-0.39, 0.29) is 43.5 Å². The van der Waals surface area contributed by atoms with Gasteiger partial charge in [-0.05, 0) is 17.7 Å². The summed E-state index contributed by atoms with van der Waals surface area (Å²) in [6, 6.07) is 2.55. The Balaban J connectivity index is 1.61. The van der Waals surface area contributed by atoms with Crippen molar-refractivity contribution in [2.75, 3.05) is 52.7 Å². The number of amides is 3. The van der Waals surface area contributed by atoms with E-state index in [2.05, 4.69) is 10.2 Å². The van der Waals surface area contributed by atoms with Gasteiger partial charge in [0, 0.05) is 25.2 Å². The number of benzene rings is 1. The van der Waals surface area contributed by atoms with Gasteiger partial charge >= 0.3 is 12.2 Å². The second-order valence-electron chi connectivity index (χ2n) is 8.27. The van der Waals surface area contributed by atoms with E-state index in [0.29, 0.717) is 26.3 Å². The summed E-state index contributed by atoms with van der Waals surface area (Å²) in [6.45, 7) is 1.71. The van der Waals surface area contributed by atoms with Crippen LogP contribution in [0, 0.1) is 0 Å². The molecule has 3 amide bonds. The molecule has 0 bridgehead atoms. The quantitative estimate of drug-likeness (QED) is 0.370. The highest BCUT2D eigenvalue weighted by Crippen LogP contribution is 2.30. The van der Waals surface area contributed by atoms with E-state index in [0.717, 1.165) is 0 Å². The number of hydrogen-bond acceptors (Lipinski definition) is 8. The average Bonchev–Trinajstić information content (AvgIpc) is 2.86. The van der Waals surface area contributed by atoms with Crippen molar-refractivity contribution in [3.63, 3.8) is 0 Å². The molecule has 4 atom stereocenters. The van der Waals surface area contributed by atoms with Crippen molar-refractivity contribution in [2.45, 2.75) is 30.4 Å². The molecule has 2 aliphatic heterocycles. The van der Waals surface area contributed by atoms with Crippen LogP contribution in [0.2, 0.25) is 0 Å². The van der Waals surface area contributed by atoms with E-state index in [1.165, 1.54) is 24.3 Å². The van der Waals surface area contributed by atoms with Crippen molar-refractivity contribution in [3.8, 4) is 0 Å². The van der Waals surface area contributed by atoms with Crippen LogP contribution in [0.3, 0.4) is 0 Å². The number of nitrogens with two attached hydrogens (primary N) is 2. The van der Waals surface area contributed by atoms with Gasteiger partial charge in [0.1, 0.15) is 0 Å². The Bertz CT molecular complexity index is 859. The fourth-order valence-corrected chi connectivity index (χ4v) is 4.01. The summed E-state index contributed by atoms with van der Waals surface area (Å²) in [5, 5.41) is 12.3. The molecule has 196 valence electrons. The molecule has 1 aromatic carbocycles. The topological polar surface area (TPSA) is 153 Å². The number of carbonyl (C=O) groups is 2. The Kier molecular flexibility index (Phi) is 9.27. The lowest BCUT2D eigenvalue weighted by Crippen LogP contribution is -2.61. The van der Waals surface area contributed by atoms with E-state index in [1.54, 1.807) is 9.80 Å². The highest BCUT2D eigenvalue weighted by molar-refractivity contribution is 5.94. The summed E-state index contributed by atoms with van der Waals surface area (Å²) >= 11 is 0. The molecule has 2 fully saturated rings. The van der Waals surface area contributed by atoms with E-state index < -0.39 is 36.3 Å². The minimum atomic E-state index is -4.76. The molecule has 0 aliphatic carbocycles. The van der Waals surface area contributed by atoms with Crippen LogP contribution in [-0.4, -0.2) is 104 Å². The van der Waals surface area contributed by atoms with Crippen molar-refractivity contribution in [1.82, 2.24) is 15.1 Å². The first-order chi connectivity index (χ1) is 16.7. The molecule has 2 saturated heterocycles. The number of alkyl halides is 3. The number of nitrogens with zero attached hydrogens (tertiary/aromatic N) is 2. The lowest BCUT2D eigenvalue weighted by molar-refractivity contribution is -0.228. The number of nitrogens with one attached hydrogen (secondary N) is 1. The van der Waals surface area contributed by atoms with Gasteiger partial charge < -0.3 is 35.4 Å². The van der Waals surface area contributed by atoms with Crippen LogP contribution in [-0.2, 0) is 14.3 Å². The van der Waals surface area contributed by atoms with Crippen LogP contribution >= 0.6 is 0 Å². The second-order valence-corrected chi connectivity index (χ2v) is 8.27. The first kappa shape index (κ1) is 27.1. The molecule has 0 aromatic heterocycles. The molecule has 0 saturated carbocycles. The Morgan fingerprint density at radius 1 is 1.11 bits per heavy atom. The summed E-state index contributed by atoms with van der Waals surface area (Å²) in [5.41, 5.74) is 5.93. The smallest absolute Gasteiger partial charge is 0.394 e. The van der Waals surface area contributed by atoms with Crippen molar-refractivity contribution in [2.24, 2.45) is 11.6 Å². The number of aliphatic hydroxyl groups is 1. The van der Waals surface area contributed by atoms with Gasteiger partial charge in [-0.1, -0.05) is 12.1 Å². The third-order valence-electron chi connectivity index (χ3n) is 6.01. The van der Waals surface area contributed by atoms with Crippen LogP contribution in [0.5, 0.6) is 0 Å². The number of hydrogen-bond donors (Lipinski definition) is 4. The second kappa shape index (κ2) is 12.0. The number of urea groups is 1. The van der Waals surface area contributed by atoms with Crippen LogP contribution in [0.1, 0.15) is 22.0 Å². The van der Waals surface area contributed by atoms with Crippen LogP contribution in [0.25, 0.3) is 0 Å². The largest absolute Gasteiger partial charge is 0.418 e. The Labute approximate surface area is 200 Å². The molecular formula is C21H30F3N5O6. The first-order valence-electron chi connectivity index (χ1n) is 11.1. The van der Waals surface area contributed by atoms with Crippen LogP contribution in [0.4, 0.5) is 18.0 Å². The number of morpholine rings is 2. The van der Waals surface area contributed by atoms with Crippen molar-refractivity contribution < 1.29 is 42.2 Å². The molecule has 1 aromatic rings. The molecule has 11 nitrogen and oxygen atoms in total. The van der Waals surface area contributed by atoms with Crippen LogP contribution in [0.15, 0.2) is 24.3 Å². The van der Waals surface area contributed by atoms with Gasteiger partial charge in [0.2, 0.25) is 0 Å². The monoisotopic (exact) mass is 505 g/mol. The molecule has 2 unspecified atom stereocenters. The Morgan fingerprint density at radius 2 is 1.69 bits per heavy atom. The summed E-state index contributed by atoms with van der Waals surface area (Å²) < 4.78 is 49.7. The standard InChI is InChI=1S/C21H30F3N5O6/c22-21(23,24)18(35-26)17(25)13-1-3-14(4-2-13)19(31)27-9-15-11-33-7-5-28(15)20(32)29-6-8-34-12-16(29)10-30/h1-4,15-18,30H,5-12,25-26H2,(H,27,31)/t15-,16?,17-,18?/m0/s1. The lowest BCUT2D eigenvalue weighted by Gasteiger charge is -2.42. The summed E-state index contributed by atoms with van der Waals surface area (Å²) in [5.74, 6) is 4.28. The summed E-state index contributed by atoms with van der Waals surface area (Å²) in [6.07, 6.45) is -7.15. The molecule has 35 heavy (non-hydrogen) atoms. The first-order valence-corrected chi connectivity index (χ1v) is 11.1. The highest BCUT2D eigenvalue weighted by Gasteiger charge is 2.45. The third-order valence-corrected chi connectivity index (χ3v) is 6.01. The fourth-order valence-electron chi connectivity index (χ4n) is 4.01. The minimum absolute atomic E-state index is 0.0933. The number of halogens is 3. The summed E-state index contributed by atoms with van der Waals surface area (Å²) in [7, 11) is 0. The zero-order valence-corrected chi connectivity index (χ0v) is 18.9. The van der Waals surface area contributed by atoms with E-state index in [4.69, 9.17) is 21.1 Å². The SMILES string of the molecule is NOC([C@@H](N)c1ccc(C(=O)NC[C@H]2COCCN2C(=O)N2CCOCC2CO)cc1)C(F)(F)F. The van der Waals surface area contributed by atoms with Gasteiger partial charge in [0.15, 0.2) is 6.10 Å². The zero-order chi connectivity index (χ0) is 25.6. The molecule has 3 rings (SSSR count). The number of carbonyl (C=O) groups excluding carboxylic acids is 2. The molecular weight excluding hydrogens is 475 g/mol. The van der Waals surface area contributed by atoms with Crippen molar-refractivity contribution in [3.05, 3.63) is 35.4 Å². The van der Waals surface area contributed by atoms with Gasteiger partial charge in [-0.3, -0.25) is 9.63 Å². The Hall–Kier alpha value is -2.49. The maximum absolute atomic E-state index is 13.1. The van der Waals surface area contributed by atoms with Gasteiger partial charge in [-0.25, -0.2) is 10.7 Å². The predicted octanol–water partition coefficient (Wildman–Crippen LogP) is -0.249. The minimum Gasteiger partial charge on any atom is -0.394 e. The van der Waals surface area contributed by atoms with E-state index in [9.17, 15) is 27.9 Å². The number of ether oxygens (including phenoxy) is 2. The molecule has 2 heterocycles. The average molecular weight is 505 g/mol. The van der Waals surface area contributed by atoms with Gasteiger partial charge in [-0.15, -0.1) is 0 Å². The third kappa shape index (κ3) is 6.59. The van der Waals surface area contributed by atoms with Crippen LogP contribution < -0.4 is 16.9 Å². The Morgan fingerprint density at radius 3 is 2.23 bits per heavy atom. The molecule has 2 aliphatic rings. The lowest BCUT2D eigenvalue weighted by atomic mass is 10.0. The van der Waals surface area contributed by atoms with E-state index in [1.807, 2.05) is 0 Å². The summed E-state index contributed by atoms with van der Waals surface area (Å²) in [4.78, 5) is 32.9. The maximum Gasteiger partial charge on any atom is 0.418 e. The zero-order valence-electron chi connectivity index (χ0n) is 18.9. The maximum atomic E-state index is 13.1. The highest BCUT2D eigenvalue weighted by atomic mass is 19.4. The molecule has 0 radical (unpaired) electrons. The van der Waals surface area contributed by atoms with Gasteiger partial charge in [-0.2, -0.15) is 13.2 Å². The molecule has 6 N–H and O–H groups in total. The molecule has 0 spiro atoms. The number of aliphatic hydroxyl groups excluding tert-OH is 1. The van der Waals surface area contributed by atoms with Crippen molar-refractivity contribution in [1.29, 1.82) is 0 Å².